The van der Waals surface area contributed by atoms with Gasteiger partial charge in [-0.1, -0.05) is 12.1 Å². The number of amides is 1. The Morgan fingerprint density at radius 2 is 2.58 bits per heavy atom. The second kappa shape index (κ2) is 5.94. The number of hydrogen-bond donors (Lipinski definition) is 2. The van der Waals surface area contributed by atoms with Crippen LogP contribution in [0.15, 0.2) is 30.2 Å². The smallest absolute Gasteiger partial charge is 0.243 e. The van der Waals surface area contributed by atoms with Crippen LogP contribution in [-0.2, 0) is 4.79 Å². The lowest BCUT2D eigenvalue weighted by molar-refractivity contribution is -0.123. The van der Waals surface area contributed by atoms with Gasteiger partial charge in [-0.3, -0.25) is 14.5 Å². The Bertz CT molecular complexity index is 626. The molecule has 2 N–H and O–H groups in total. The molecule has 0 aliphatic rings. The molecule has 0 unspecified atom stereocenters. The van der Waals surface area contributed by atoms with Gasteiger partial charge in [0.05, 0.1) is 4.88 Å². The van der Waals surface area contributed by atoms with Crippen LogP contribution in [0.5, 0.6) is 0 Å². The first kappa shape index (κ1) is 13.7. The van der Waals surface area contributed by atoms with Crippen LogP contribution < -0.4 is 5.32 Å². The number of thiophene rings is 1. The van der Waals surface area contributed by atoms with Gasteiger partial charge in [-0.15, -0.1) is 17.9 Å². The number of rotatable bonds is 5. The molecule has 2 heterocycles. The van der Waals surface area contributed by atoms with Crippen molar-refractivity contribution in [1.29, 1.82) is 0 Å². The van der Waals surface area contributed by atoms with E-state index in [1.165, 1.54) is 0 Å². The maximum Gasteiger partial charge on any atom is 0.243 e. The second-order valence-electron chi connectivity index (χ2n) is 3.91. The highest BCUT2D eigenvalue weighted by molar-refractivity contribution is 7.71. The summed E-state index contributed by atoms with van der Waals surface area (Å²) in [6, 6.07) is 3.45. The number of aromatic nitrogens is 3. The topological polar surface area (TPSA) is 62.7 Å². The van der Waals surface area contributed by atoms with E-state index in [1.54, 1.807) is 28.9 Å². The van der Waals surface area contributed by atoms with Crippen molar-refractivity contribution in [2.45, 2.75) is 13.0 Å². The summed E-state index contributed by atoms with van der Waals surface area (Å²) in [6.45, 7) is 5.80. The van der Waals surface area contributed by atoms with Gasteiger partial charge in [0, 0.05) is 6.54 Å². The van der Waals surface area contributed by atoms with Crippen molar-refractivity contribution in [1.82, 2.24) is 20.1 Å². The number of carbonyl (C=O) groups is 1. The average molecular weight is 294 g/mol. The van der Waals surface area contributed by atoms with E-state index >= 15 is 0 Å². The van der Waals surface area contributed by atoms with Gasteiger partial charge in [-0.05, 0) is 30.6 Å². The Kier molecular flexibility index (Phi) is 4.28. The zero-order chi connectivity index (χ0) is 13.8. The molecule has 0 aliphatic carbocycles. The minimum atomic E-state index is -0.428. The van der Waals surface area contributed by atoms with E-state index in [4.69, 9.17) is 12.2 Å². The molecule has 5 nitrogen and oxygen atoms in total. The normalized spacial score (nSPS) is 12.1. The predicted molar refractivity (Wildman–Crippen MR) is 78.6 cm³/mol. The third-order valence-electron chi connectivity index (χ3n) is 2.63. The first-order valence-electron chi connectivity index (χ1n) is 5.74. The van der Waals surface area contributed by atoms with Crippen LogP contribution in [0.3, 0.4) is 0 Å². The van der Waals surface area contributed by atoms with Crippen LogP contribution in [0, 0.1) is 4.77 Å². The van der Waals surface area contributed by atoms with E-state index in [-0.39, 0.29) is 5.91 Å². The molecule has 0 saturated carbocycles. The van der Waals surface area contributed by atoms with Crippen molar-refractivity contribution in [2.75, 3.05) is 6.54 Å². The molecular weight excluding hydrogens is 280 g/mol. The van der Waals surface area contributed by atoms with Crippen molar-refractivity contribution in [3.8, 4) is 10.7 Å². The van der Waals surface area contributed by atoms with Crippen LogP contribution in [-0.4, -0.2) is 27.2 Å². The van der Waals surface area contributed by atoms with Gasteiger partial charge < -0.3 is 5.32 Å². The summed E-state index contributed by atoms with van der Waals surface area (Å²) in [4.78, 5) is 13.0. The van der Waals surface area contributed by atoms with E-state index < -0.39 is 6.04 Å². The summed E-state index contributed by atoms with van der Waals surface area (Å²) in [5.41, 5.74) is 0. The molecule has 0 bridgehead atoms. The van der Waals surface area contributed by atoms with Crippen molar-refractivity contribution < 1.29 is 4.79 Å². The van der Waals surface area contributed by atoms with Crippen LogP contribution in [0.1, 0.15) is 13.0 Å². The van der Waals surface area contributed by atoms with Crippen LogP contribution in [0.2, 0.25) is 0 Å². The molecule has 100 valence electrons. The van der Waals surface area contributed by atoms with Gasteiger partial charge in [-0.25, -0.2) is 0 Å². The minimum absolute atomic E-state index is 0.116. The van der Waals surface area contributed by atoms with E-state index in [1.807, 2.05) is 17.5 Å². The Balaban J connectivity index is 2.34. The Morgan fingerprint density at radius 1 is 1.79 bits per heavy atom. The molecule has 0 radical (unpaired) electrons. The van der Waals surface area contributed by atoms with Gasteiger partial charge in [0.2, 0.25) is 5.91 Å². The Labute approximate surface area is 120 Å². The standard InChI is InChI=1S/C12H14N4OS2/c1-3-6-13-11(17)8(2)16-10(14-15-12(16)18)9-5-4-7-19-9/h3-5,7-8H,1,6H2,2H3,(H,13,17)(H,15,18)/t8-/m1/s1. The number of nitrogens with one attached hydrogen (secondary N) is 2. The number of hydrogen-bond acceptors (Lipinski definition) is 4. The maximum absolute atomic E-state index is 12.0. The highest BCUT2D eigenvalue weighted by Gasteiger charge is 2.20. The van der Waals surface area contributed by atoms with E-state index in [0.717, 1.165) is 4.88 Å². The van der Waals surface area contributed by atoms with Crippen LogP contribution in [0.4, 0.5) is 0 Å². The highest BCUT2D eigenvalue weighted by Crippen LogP contribution is 2.25. The highest BCUT2D eigenvalue weighted by atomic mass is 32.1. The summed E-state index contributed by atoms with van der Waals surface area (Å²) in [5.74, 6) is 0.566. The molecule has 1 atom stereocenters. The number of carbonyl (C=O) groups excluding carboxylic acids is 1. The SMILES string of the molecule is C=CCNC(=O)[C@@H](C)n1c(-c2cccs2)n[nH]c1=S. The molecule has 0 spiro atoms. The number of H-pyrrole nitrogens is 1. The largest absolute Gasteiger partial charge is 0.351 e. The molecule has 0 aliphatic heterocycles. The predicted octanol–water partition coefficient (Wildman–Crippen LogP) is 2.53. The third-order valence-corrected chi connectivity index (χ3v) is 3.79. The molecular formula is C12H14N4OS2. The van der Waals surface area contributed by atoms with Crippen molar-refractivity contribution in [3.63, 3.8) is 0 Å². The lowest BCUT2D eigenvalue weighted by Crippen LogP contribution is -2.31. The molecule has 0 fully saturated rings. The Morgan fingerprint density at radius 3 is 3.21 bits per heavy atom. The van der Waals surface area contributed by atoms with E-state index in [9.17, 15) is 4.79 Å². The van der Waals surface area contributed by atoms with E-state index in [0.29, 0.717) is 17.1 Å². The summed E-state index contributed by atoms with van der Waals surface area (Å²) in [6.07, 6.45) is 1.64. The first-order valence-corrected chi connectivity index (χ1v) is 7.03. The first-order chi connectivity index (χ1) is 9.15. The summed E-state index contributed by atoms with van der Waals surface area (Å²) in [7, 11) is 0. The fraction of sp³-hybridized carbons (Fsp3) is 0.250. The zero-order valence-corrected chi connectivity index (χ0v) is 12.1. The summed E-state index contributed by atoms with van der Waals surface area (Å²) in [5, 5.41) is 11.7. The lowest BCUT2D eigenvalue weighted by Gasteiger charge is -2.14. The van der Waals surface area contributed by atoms with Gasteiger partial charge in [0.15, 0.2) is 10.6 Å². The molecule has 1 amide bonds. The molecule has 0 aromatic carbocycles. The summed E-state index contributed by atoms with van der Waals surface area (Å²) >= 11 is 6.76. The van der Waals surface area contributed by atoms with Gasteiger partial charge in [-0.2, -0.15) is 5.10 Å². The quantitative estimate of drug-likeness (QED) is 0.658. The van der Waals surface area contributed by atoms with E-state index in [2.05, 4.69) is 22.1 Å². The Hall–Kier alpha value is -1.73. The summed E-state index contributed by atoms with van der Waals surface area (Å²) < 4.78 is 2.16. The monoisotopic (exact) mass is 294 g/mol. The molecule has 19 heavy (non-hydrogen) atoms. The number of aromatic amines is 1. The molecule has 7 heteroatoms. The molecule has 2 aromatic rings. The van der Waals surface area contributed by atoms with Gasteiger partial charge in [0.25, 0.3) is 0 Å². The van der Waals surface area contributed by atoms with Gasteiger partial charge in [0.1, 0.15) is 6.04 Å². The molecule has 2 aromatic heterocycles. The fourth-order valence-corrected chi connectivity index (χ4v) is 2.68. The van der Waals surface area contributed by atoms with Crippen molar-refractivity contribution in [3.05, 3.63) is 34.9 Å². The maximum atomic E-state index is 12.0. The van der Waals surface area contributed by atoms with Crippen LogP contribution in [0.25, 0.3) is 10.7 Å². The lowest BCUT2D eigenvalue weighted by atomic mass is 10.3. The van der Waals surface area contributed by atoms with Gasteiger partial charge >= 0.3 is 0 Å². The second-order valence-corrected chi connectivity index (χ2v) is 5.24. The third kappa shape index (κ3) is 2.82. The fourth-order valence-electron chi connectivity index (χ4n) is 1.68. The molecule has 2 rings (SSSR count). The minimum Gasteiger partial charge on any atom is -0.351 e. The van der Waals surface area contributed by atoms with Crippen molar-refractivity contribution >= 4 is 29.5 Å². The molecule has 0 saturated heterocycles. The zero-order valence-electron chi connectivity index (χ0n) is 10.4. The number of nitrogens with zero attached hydrogens (tertiary/aromatic N) is 2. The van der Waals surface area contributed by atoms with Crippen LogP contribution >= 0.6 is 23.6 Å². The average Bonchev–Trinajstić information content (AvgIpc) is 3.03. The van der Waals surface area contributed by atoms with Crippen molar-refractivity contribution in [2.24, 2.45) is 0 Å².